The zero-order chi connectivity index (χ0) is 14.5. The van der Waals surface area contributed by atoms with E-state index < -0.39 is 5.91 Å². The van der Waals surface area contributed by atoms with Crippen molar-refractivity contribution in [3.63, 3.8) is 0 Å². The third-order valence-electron chi connectivity index (χ3n) is 2.65. The molecule has 7 heteroatoms. The standard InChI is InChI=1S/C13H14IN5O/c14-10-5-17-13(18-6-10)19(8-12(16)20)7-9-3-1-2-4-11(9)15/h1-6H,7-8,15H2,(H2,16,20). The van der Waals surface area contributed by atoms with E-state index in [1.54, 1.807) is 17.3 Å². The molecular weight excluding hydrogens is 369 g/mol. The lowest BCUT2D eigenvalue weighted by Gasteiger charge is -2.21. The molecule has 0 atom stereocenters. The van der Waals surface area contributed by atoms with Gasteiger partial charge in [0.2, 0.25) is 11.9 Å². The quantitative estimate of drug-likeness (QED) is 0.597. The second kappa shape index (κ2) is 6.51. The Morgan fingerprint density at radius 2 is 1.90 bits per heavy atom. The number of anilines is 2. The minimum absolute atomic E-state index is 0.0366. The summed E-state index contributed by atoms with van der Waals surface area (Å²) in [6.45, 7) is 0.463. The molecule has 0 fully saturated rings. The van der Waals surface area contributed by atoms with Crippen LogP contribution in [0.3, 0.4) is 0 Å². The number of nitrogen functional groups attached to an aromatic ring is 1. The minimum atomic E-state index is -0.443. The minimum Gasteiger partial charge on any atom is -0.398 e. The summed E-state index contributed by atoms with van der Waals surface area (Å²) in [5.41, 5.74) is 12.8. The maximum atomic E-state index is 11.2. The molecule has 6 nitrogen and oxygen atoms in total. The molecule has 0 spiro atoms. The van der Waals surface area contributed by atoms with Gasteiger partial charge in [-0.1, -0.05) is 18.2 Å². The van der Waals surface area contributed by atoms with Crippen molar-refractivity contribution in [1.29, 1.82) is 0 Å². The van der Waals surface area contributed by atoms with Crippen molar-refractivity contribution in [2.24, 2.45) is 5.73 Å². The molecular formula is C13H14IN5O. The van der Waals surface area contributed by atoms with E-state index in [1.807, 2.05) is 24.3 Å². The Hall–Kier alpha value is -1.90. The lowest BCUT2D eigenvalue weighted by atomic mass is 10.1. The number of amides is 1. The summed E-state index contributed by atoms with van der Waals surface area (Å²) in [5, 5.41) is 0. The number of nitrogens with zero attached hydrogens (tertiary/aromatic N) is 3. The van der Waals surface area contributed by atoms with Crippen molar-refractivity contribution < 1.29 is 4.79 Å². The number of para-hydroxylation sites is 1. The molecule has 0 aliphatic heterocycles. The van der Waals surface area contributed by atoms with Crippen molar-refractivity contribution in [2.45, 2.75) is 6.54 Å². The maximum Gasteiger partial charge on any atom is 0.237 e. The van der Waals surface area contributed by atoms with Crippen molar-refractivity contribution in [1.82, 2.24) is 9.97 Å². The number of halogens is 1. The van der Waals surface area contributed by atoms with Gasteiger partial charge in [-0.25, -0.2) is 9.97 Å². The highest BCUT2D eigenvalue weighted by Crippen LogP contribution is 2.17. The van der Waals surface area contributed by atoms with E-state index in [-0.39, 0.29) is 6.54 Å². The average molecular weight is 383 g/mol. The number of nitrogens with two attached hydrogens (primary N) is 2. The fourth-order valence-electron chi connectivity index (χ4n) is 1.74. The third kappa shape index (κ3) is 3.80. The molecule has 1 aromatic carbocycles. The first kappa shape index (κ1) is 14.5. The van der Waals surface area contributed by atoms with Crippen molar-refractivity contribution in [3.05, 3.63) is 45.8 Å². The van der Waals surface area contributed by atoms with Crippen molar-refractivity contribution in [2.75, 3.05) is 17.2 Å². The highest BCUT2D eigenvalue weighted by Gasteiger charge is 2.14. The van der Waals surface area contributed by atoms with E-state index in [0.29, 0.717) is 18.2 Å². The van der Waals surface area contributed by atoms with Crippen LogP contribution in [0, 0.1) is 3.57 Å². The molecule has 0 saturated heterocycles. The molecule has 2 aromatic rings. The molecule has 104 valence electrons. The number of carbonyl (C=O) groups excluding carboxylic acids is 1. The van der Waals surface area contributed by atoms with Crippen molar-refractivity contribution in [3.8, 4) is 0 Å². The summed E-state index contributed by atoms with van der Waals surface area (Å²) >= 11 is 2.12. The van der Waals surface area contributed by atoms with Gasteiger partial charge in [-0.2, -0.15) is 0 Å². The molecule has 20 heavy (non-hydrogen) atoms. The lowest BCUT2D eigenvalue weighted by molar-refractivity contribution is -0.116. The monoisotopic (exact) mass is 383 g/mol. The molecule has 4 N–H and O–H groups in total. The van der Waals surface area contributed by atoms with Gasteiger partial charge in [0.05, 0.1) is 6.54 Å². The summed E-state index contributed by atoms with van der Waals surface area (Å²) in [7, 11) is 0. The SMILES string of the molecule is NC(=O)CN(Cc1ccccc1N)c1ncc(I)cn1. The van der Waals surface area contributed by atoms with Crippen LogP contribution in [-0.4, -0.2) is 22.4 Å². The predicted octanol–water partition coefficient (Wildman–Crippen LogP) is 1.16. The number of benzene rings is 1. The smallest absolute Gasteiger partial charge is 0.237 e. The van der Waals surface area contributed by atoms with E-state index in [2.05, 4.69) is 32.6 Å². The van der Waals surface area contributed by atoms with Gasteiger partial charge < -0.3 is 16.4 Å². The first-order chi connectivity index (χ1) is 9.56. The molecule has 0 bridgehead atoms. The van der Waals surface area contributed by atoms with Gasteiger partial charge in [0, 0.05) is 28.2 Å². The number of carbonyl (C=O) groups is 1. The number of aromatic nitrogens is 2. The zero-order valence-electron chi connectivity index (χ0n) is 10.7. The number of rotatable bonds is 5. The van der Waals surface area contributed by atoms with Crippen molar-refractivity contribution >= 4 is 40.1 Å². The molecule has 2 rings (SSSR count). The van der Waals surface area contributed by atoms with E-state index in [1.165, 1.54) is 0 Å². The van der Waals surface area contributed by atoms with Crippen LogP contribution in [0.4, 0.5) is 11.6 Å². The highest BCUT2D eigenvalue weighted by molar-refractivity contribution is 14.1. The van der Waals surface area contributed by atoms with Crippen LogP contribution < -0.4 is 16.4 Å². The summed E-state index contributed by atoms with van der Waals surface area (Å²) in [6.07, 6.45) is 3.37. The maximum absolute atomic E-state index is 11.2. The first-order valence-electron chi connectivity index (χ1n) is 5.90. The van der Waals surface area contributed by atoms with Gasteiger partial charge in [-0.15, -0.1) is 0 Å². The first-order valence-corrected chi connectivity index (χ1v) is 6.98. The second-order valence-electron chi connectivity index (χ2n) is 4.22. The molecule has 0 aliphatic rings. The number of primary amides is 1. The lowest BCUT2D eigenvalue weighted by Crippen LogP contribution is -2.34. The molecule has 1 amide bonds. The van der Waals surface area contributed by atoms with Crippen LogP contribution in [0.25, 0.3) is 0 Å². The van der Waals surface area contributed by atoms with Crippen LogP contribution in [0.1, 0.15) is 5.56 Å². The molecule has 1 aromatic heterocycles. The predicted molar refractivity (Wildman–Crippen MR) is 85.8 cm³/mol. The van der Waals surface area contributed by atoms with Gasteiger partial charge in [-0.3, -0.25) is 4.79 Å². The Labute approximate surface area is 130 Å². The Balaban J connectivity index is 2.26. The summed E-state index contributed by atoms with van der Waals surface area (Å²) in [5.74, 6) is 0.00845. The van der Waals surface area contributed by atoms with Gasteiger partial charge in [-0.05, 0) is 34.2 Å². The average Bonchev–Trinajstić information content (AvgIpc) is 2.41. The second-order valence-corrected chi connectivity index (χ2v) is 5.47. The fraction of sp³-hybridized carbons (Fsp3) is 0.154. The molecule has 0 aliphatic carbocycles. The fourth-order valence-corrected chi connectivity index (χ4v) is 2.02. The molecule has 0 unspecified atom stereocenters. The highest BCUT2D eigenvalue weighted by atomic mass is 127. The summed E-state index contributed by atoms with van der Waals surface area (Å²) in [6, 6.07) is 7.46. The van der Waals surface area contributed by atoms with Gasteiger partial charge in [0.1, 0.15) is 0 Å². The Morgan fingerprint density at radius 3 is 2.50 bits per heavy atom. The molecule has 0 radical (unpaired) electrons. The van der Waals surface area contributed by atoms with Crippen LogP contribution in [0.5, 0.6) is 0 Å². The van der Waals surface area contributed by atoms with Gasteiger partial charge >= 0.3 is 0 Å². The third-order valence-corrected chi connectivity index (χ3v) is 3.21. The van der Waals surface area contributed by atoms with E-state index >= 15 is 0 Å². The molecule has 1 heterocycles. The van der Waals surface area contributed by atoms with E-state index in [4.69, 9.17) is 11.5 Å². The van der Waals surface area contributed by atoms with Crippen LogP contribution in [0.15, 0.2) is 36.7 Å². The normalized spacial score (nSPS) is 10.2. The summed E-state index contributed by atoms with van der Waals surface area (Å²) < 4.78 is 0.921. The van der Waals surface area contributed by atoms with E-state index in [0.717, 1.165) is 9.13 Å². The summed E-state index contributed by atoms with van der Waals surface area (Å²) in [4.78, 5) is 21.3. The Kier molecular flexibility index (Phi) is 4.72. The largest absolute Gasteiger partial charge is 0.398 e. The topological polar surface area (TPSA) is 98.1 Å². The van der Waals surface area contributed by atoms with Crippen LogP contribution >= 0.6 is 22.6 Å². The number of hydrogen-bond donors (Lipinski definition) is 2. The Morgan fingerprint density at radius 1 is 1.25 bits per heavy atom. The van der Waals surface area contributed by atoms with Gasteiger partial charge in [0.15, 0.2) is 0 Å². The van der Waals surface area contributed by atoms with Gasteiger partial charge in [0.25, 0.3) is 0 Å². The molecule has 0 saturated carbocycles. The Bertz CT molecular complexity index is 602. The zero-order valence-corrected chi connectivity index (χ0v) is 12.8. The number of hydrogen-bond acceptors (Lipinski definition) is 5. The van der Waals surface area contributed by atoms with Crippen LogP contribution in [0.2, 0.25) is 0 Å². The van der Waals surface area contributed by atoms with Crippen LogP contribution in [-0.2, 0) is 11.3 Å². The van der Waals surface area contributed by atoms with E-state index in [9.17, 15) is 4.79 Å².